The molecule has 0 radical (unpaired) electrons. The third-order valence-corrected chi connectivity index (χ3v) is 5.05. The van der Waals surface area contributed by atoms with Crippen molar-refractivity contribution in [1.29, 1.82) is 0 Å². The zero-order chi connectivity index (χ0) is 23.3. The molecule has 0 unspecified atom stereocenters. The van der Waals surface area contributed by atoms with Crippen molar-refractivity contribution in [3.63, 3.8) is 0 Å². The molecule has 32 heavy (non-hydrogen) atoms. The van der Waals surface area contributed by atoms with Crippen LogP contribution in [-0.4, -0.2) is 50.3 Å². The van der Waals surface area contributed by atoms with E-state index in [2.05, 4.69) is 10.3 Å². The smallest absolute Gasteiger partial charge is 0.256 e. The van der Waals surface area contributed by atoms with Gasteiger partial charge in [0, 0.05) is 24.8 Å². The lowest BCUT2D eigenvalue weighted by Gasteiger charge is -2.25. The topological polar surface area (TPSA) is 99.0 Å². The monoisotopic (exact) mass is 440 g/mol. The van der Waals surface area contributed by atoms with Crippen molar-refractivity contribution in [2.45, 2.75) is 26.4 Å². The Morgan fingerprint density at radius 2 is 1.84 bits per heavy atom. The highest BCUT2D eigenvalue weighted by Gasteiger charge is 2.22. The first-order valence-electron chi connectivity index (χ1n) is 10.1. The van der Waals surface area contributed by atoms with E-state index in [0.717, 1.165) is 0 Å². The first kappa shape index (κ1) is 22.9. The summed E-state index contributed by atoms with van der Waals surface area (Å²) < 4.78 is 21.6. The van der Waals surface area contributed by atoms with Crippen LogP contribution in [0, 0.1) is 0 Å². The average molecular weight is 441 g/mol. The van der Waals surface area contributed by atoms with Crippen LogP contribution in [0.4, 0.5) is 5.82 Å². The third kappa shape index (κ3) is 4.77. The summed E-state index contributed by atoms with van der Waals surface area (Å²) in [6.07, 6.45) is 3.09. The van der Waals surface area contributed by atoms with Crippen molar-refractivity contribution < 1.29 is 23.4 Å². The van der Waals surface area contributed by atoms with Crippen LogP contribution >= 0.6 is 0 Å². The normalized spacial score (nSPS) is 10.7. The molecular formula is C23H28N4O5. The average Bonchev–Trinajstić information content (AvgIpc) is 3.34. The maximum absolute atomic E-state index is 12.9. The second-order valence-corrected chi connectivity index (χ2v) is 7.31. The fourth-order valence-electron chi connectivity index (χ4n) is 3.07. The first-order valence-corrected chi connectivity index (χ1v) is 10.1. The van der Waals surface area contributed by atoms with Gasteiger partial charge in [-0.3, -0.25) is 4.79 Å². The lowest BCUT2D eigenvalue weighted by atomic mass is 10.1. The quantitative estimate of drug-likeness (QED) is 0.539. The molecule has 0 fully saturated rings. The Balaban J connectivity index is 2.02. The van der Waals surface area contributed by atoms with E-state index in [9.17, 15) is 4.79 Å². The fraction of sp³-hybridized carbons (Fsp3) is 0.348. The minimum atomic E-state index is -0.291. The maximum atomic E-state index is 12.9. The zero-order valence-corrected chi connectivity index (χ0v) is 19.1. The second kappa shape index (κ2) is 10.0. The van der Waals surface area contributed by atoms with Gasteiger partial charge < -0.3 is 28.8 Å². The second-order valence-electron chi connectivity index (χ2n) is 7.31. The molecule has 0 aliphatic heterocycles. The van der Waals surface area contributed by atoms with Crippen molar-refractivity contribution in [1.82, 2.24) is 15.3 Å². The summed E-state index contributed by atoms with van der Waals surface area (Å²) in [6.45, 7) is 4.31. The number of aromatic nitrogens is 2. The summed E-state index contributed by atoms with van der Waals surface area (Å²) in [7, 11) is 6.52. The lowest BCUT2D eigenvalue weighted by Crippen LogP contribution is -2.31. The molecule has 0 spiro atoms. The van der Waals surface area contributed by atoms with Gasteiger partial charge in [0.15, 0.2) is 17.3 Å². The summed E-state index contributed by atoms with van der Waals surface area (Å²) in [4.78, 5) is 24.0. The van der Waals surface area contributed by atoms with Crippen molar-refractivity contribution in [2.24, 2.45) is 0 Å². The van der Waals surface area contributed by atoms with Crippen LogP contribution in [0.15, 0.2) is 41.1 Å². The molecule has 1 amide bonds. The summed E-state index contributed by atoms with van der Waals surface area (Å²) in [5.41, 5.74) is 1.03. The molecule has 9 nitrogen and oxygen atoms in total. The largest absolute Gasteiger partial charge is 0.493 e. The number of hydrogen-bond donors (Lipinski definition) is 1. The minimum Gasteiger partial charge on any atom is -0.493 e. The molecule has 0 aliphatic rings. The van der Waals surface area contributed by atoms with E-state index in [1.807, 2.05) is 25.8 Å². The number of methoxy groups -OCH3 is 3. The van der Waals surface area contributed by atoms with Crippen LogP contribution in [-0.2, 0) is 6.54 Å². The van der Waals surface area contributed by atoms with E-state index in [1.54, 1.807) is 51.9 Å². The highest BCUT2D eigenvalue weighted by Crippen LogP contribution is 2.40. The summed E-state index contributed by atoms with van der Waals surface area (Å²) in [6, 6.07) is 7.22. The van der Waals surface area contributed by atoms with Crippen LogP contribution < -0.4 is 24.4 Å². The minimum absolute atomic E-state index is 0.106. The molecule has 9 heteroatoms. The molecule has 0 aliphatic carbocycles. The van der Waals surface area contributed by atoms with Crippen LogP contribution in [0.2, 0.25) is 0 Å². The Kier molecular flexibility index (Phi) is 7.19. The number of anilines is 1. The Morgan fingerprint density at radius 3 is 2.38 bits per heavy atom. The molecule has 2 aromatic heterocycles. The highest BCUT2D eigenvalue weighted by atomic mass is 16.5. The number of carbonyl (C=O) groups excluding carboxylic acids is 1. The number of hydrogen-bond acceptors (Lipinski definition) is 8. The summed E-state index contributed by atoms with van der Waals surface area (Å²) in [5.74, 6) is 2.76. The lowest BCUT2D eigenvalue weighted by molar-refractivity contribution is 0.0948. The number of nitrogens with zero attached hydrogens (tertiary/aromatic N) is 3. The third-order valence-electron chi connectivity index (χ3n) is 5.05. The fourth-order valence-corrected chi connectivity index (χ4v) is 3.07. The van der Waals surface area contributed by atoms with Crippen molar-refractivity contribution >= 4 is 11.7 Å². The van der Waals surface area contributed by atoms with E-state index < -0.39 is 0 Å². The number of nitrogens with one attached hydrogen (secondary N) is 1. The number of amides is 1. The van der Waals surface area contributed by atoms with Gasteiger partial charge in [0.25, 0.3) is 5.91 Å². The van der Waals surface area contributed by atoms with Gasteiger partial charge in [-0.05, 0) is 38.1 Å². The van der Waals surface area contributed by atoms with Gasteiger partial charge in [0.2, 0.25) is 5.75 Å². The zero-order valence-electron chi connectivity index (χ0n) is 19.1. The molecule has 2 heterocycles. The number of carbonyl (C=O) groups is 1. The molecule has 170 valence electrons. The summed E-state index contributed by atoms with van der Waals surface area (Å²) in [5, 5.41) is 2.85. The van der Waals surface area contributed by atoms with Crippen LogP contribution in [0.1, 0.15) is 30.0 Å². The van der Waals surface area contributed by atoms with Gasteiger partial charge in [-0.25, -0.2) is 9.97 Å². The number of rotatable bonds is 9. The van der Waals surface area contributed by atoms with Crippen LogP contribution in [0.3, 0.4) is 0 Å². The predicted octanol–water partition coefficient (Wildman–Crippen LogP) is 3.54. The molecule has 3 aromatic rings. The number of furan rings is 1. The van der Waals surface area contributed by atoms with Crippen molar-refractivity contribution in [3.05, 3.63) is 48.0 Å². The van der Waals surface area contributed by atoms with Gasteiger partial charge in [-0.15, -0.1) is 0 Å². The standard InChI is InChI=1S/C23H28N4O5/c1-14(2)27(3)22-17(23(28)25-12-16-8-7-9-32-16)13-24-21(26-22)15-10-18(29-4)20(31-6)19(11-15)30-5/h7-11,13-14H,12H2,1-6H3,(H,25,28). The Morgan fingerprint density at radius 1 is 1.16 bits per heavy atom. The molecule has 0 saturated carbocycles. The Bertz CT molecular complexity index is 1040. The van der Waals surface area contributed by atoms with Gasteiger partial charge in [0.1, 0.15) is 17.1 Å². The van der Waals surface area contributed by atoms with Crippen LogP contribution in [0.25, 0.3) is 11.4 Å². The molecule has 0 atom stereocenters. The van der Waals surface area contributed by atoms with Gasteiger partial charge in [-0.1, -0.05) is 0 Å². The van der Waals surface area contributed by atoms with E-state index in [4.69, 9.17) is 23.6 Å². The Labute approximate surface area is 187 Å². The SMILES string of the molecule is COc1cc(-c2ncc(C(=O)NCc3ccco3)c(N(C)C(C)C)n2)cc(OC)c1OC. The molecule has 0 bridgehead atoms. The molecule has 3 rings (SSSR count). The molecule has 1 aromatic carbocycles. The molecular weight excluding hydrogens is 412 g/mol. The summed E-state index contributed by atoms with van der Waals surface area (Å²) >= 11 is 0. The Hall–Kier alpha value is -3.75. The predicted molar refractivity (Wildman–Crippen MR) is 121 cm³/mol. The number of ether oxygens (including phenoxy) is 3. The first-order chi connectivity index (χ1) is 15.4. The van der Waals surface area contributed by atoms with E-state index in [1.165, 1.54) is 6.20 Å². The van der Waals surface area contributed by atoms with Crippen molar-refractivity contribution in [3.8, 4) is 28.6 Å². The van der Waals surface area contributed by atoms with E-state index in [0.29, 0.717) is 45.8 Å². The van der Waals surface area contributed by atoms with E-state index in [-0.39, 0.29) is 18.5 Å². The number of benzene rings is 1. The van der Waals surface area contributed by atoms with Gasteiger partial charge in [0.05, 0.1) is 34.1 Å². The van der Waals surface area contributed by atoms with Crippen LogP contribution in [0.5, 0.6) is 17.2 Å². The van der Waals surface area contributed by atoms with Gasteiger partial charge >= 0.3 is 0 Å². The maximum Gasteiger partial charge on any atom is 0.256 e. The van der Waals surface area contributed by atoms with Gasteiger partial charge in [-0.2, -0.15) is 0 Å². The molecule has 0 saturated heterocycles. The molecule has 1 N–H and O–H groups in total. The van der Waals surface area contributed by atoms with E-state index >= 15 is 0 Å². The van der Waals surface area contributed by atoms with Crippen molar-refractivity contribution in [2.75, 3.05) is 33.3 Å². The highest BCUT2D eigenvalue weighted by molar-refractivity contribution is 5.98.